The maximum Gasteiger partial charge on any atom is 0.355 e. The highest BCUT2D eigenvalue weighted by molar-refractivity contribution is 7.54. The van der Waals surface area contributed by atoms with Crippen molar-refractivity contribution < 1.29 is 23.1 Å². The van der Waals surface area contributed by atoms with Gasteiger partial charge in [-0.15, -0.1) is 0 Å². The molecule has 1 unspecified atom stereocenters. The third kappa shape index (κ3) is 6.43. The minimum absolute atomic E-state index is 0.182. The Morgan fingerprint density at radius 2 is 2.00 bits per heavy atom. The van der Waals surface area contributed by atoms with E-state index in [-0.39, 0.29) is 19.6 Å². The molecule has 1 aromatic rings. The van der Waals surface area contributed by atoms with Crippen LogP contribution in [0.25, 0.3) is 0 Å². The Kier molecular flexibility index (Phi) is 8.48. The molecule has 23 heavy (non-hydrogen) atoms. The van der Waals surface area contributed by atoms with E-state index >= 15 is 0 Å². The molecule has 0 aromatic heterocycles. The Morgan fingerprint density at radius 3 is 2.52 bits per heavy atom. The first-order valence-corrected chi connectivity index (χ1v) is 9.18. The molecule has 0 aliphatic carbocycles. The molecule has 0 fully saturated rings. The van der Waals surface area contributed by atoms with E-state index in [4.69, 9.17) is 20.6 Å². The van der Waals surface area contributed by atoms with E-state index in [0.717, 1.165) is 0 Å². The van der Waals surface area contributed by atoms with Crippen molar-refractivity contribution in [3.8, 4) is 0 Å². The van der Waals surface area contributed by atoms with Gasteiger partial charge < -0.3 is 13.8 Å². The molecule has 0 amide bonds. The summed E-state index contributed by atoms with van der Waals surface area (Å²) in [6.45, 7) is 3.76. The van der Waals surface area contributed by atoms with E-state index in [2.05, 4.69) is 9.73 Å². The van der Waals surface area contributed by atoms with Crippen molar-refractivity contribution >= 4 is 31.4 Å². The van der Waals surface area contributed by atoms with Gasteiger partial charge in [0.15, 0.2) is 5.78 Å². The molecule has 0 spiro atoms. The van der Waals surface area contributed by atoms with Crippen molar-refractivity contribution in [3.63, 3.8) is 0 Å². The number of carbonyl (C=O) groups is 1. The molecule has 128 valence electrons. The molecule has 8 heteroatoms. The average molecular weight is 362 g/mol. The van der Waals surface area contributed by atoms with E-state index in [1.54, 1.807) is 38.1 Å². The number of aliphatic imine (C=N–C) groups is 1. The quantitative estimate of drug-likeness (QED) is 0.378. The average Bonchev–Trinajstić information content (AvgIpc) is 2.51. The van der Waals surface area contributed by atoms with Gasteiger partial charge in [-0.1, -0.05) is 23.7 Å². The number of esters is 1. The molecule has 0 aliphatic heterocycles. The molecule has 6 nitrogen and oxygen atoms in total. The molecule has 0 heterocycles. The largest absolute Gasteiger partial charge is 0.469 e. The van der Waals surface area contributed by atoms with E-state index in [9.17, 15) is 9.36 Å². The zero-order valence-corrected chi connectivity index (χ0v) is 15.0. The lowest BCUT2D eigenvalue weighted by molar-refractivity contribution is -0.140. The second-order valence-corrected chi connectivity index (χ2v) is 7.10. The van der Waals surface area contributed by atoms with E-state index < -0.39 is 19.3 Å². The summed E-state index contributed by atoms with van der Waals surface area (Å²) in [7, 11) is -2.32. The van der Waals surface area contributed by atoms with Crippen molar-refractivity contribution in [2.24, 2.45) is 4.99 Å². The molecule has 0 aliphatic rings. The van der Waals surface area contributed by atoms with Gasteiger partial charge in [-0.3, -0.25) is 14.4 Å². The van der Waals surface area contributed by atoms with Gasteiger partial charge in [-0.2, -0.15) is 0 Å². The van der Waals surface area contributed by atoms with Crippen LogP contribution in [0.2, 0.25) is 5.02 Å². The van der Waals surface area contributed by atoms with E-state index in [1.165, 1.54) is 13.3 Å². The smallest absolute Gasteiger partial charge is 0.355 e. The predicted octanol–water partition coefficient (Wildman–Crippen LogP) is 3.91. The normalized spacial score (nSPS) is 13.2. The number of rotatable bonds is 9. The van der Waals surface area contributed by atoms with Crippen LogP contribution in [-0.2, 0) is 23.1 Å². The second kappa shape index (κ2) is 9.83. The maximum absolute atomic E-state index is 12.9. The number of methoxy groups -OCH3 is 1. The number of hydrogen-bond donors (Lipinski definition) is 0. The molecule has 0 saturated carbocycles. The summed E-state index contributed by atoms with van der Waals surface area (Å²) in [6.07, 6.45) is 1.29. The van der Waals surface area contributed by atoms with Crippen LogP contribution < -0.4 is 0 Å². The molecule has 1 atom stereocenters. The lowest BCUT2D eigenvalue weighted by Gasteiger charge is -2.22. The summed E-state index contributed by atoms with van der Waals surface area (Å²) in [6, 6.07) is 6.99. The lowest BCUT2D eigenvalue weighted by Crippen LogP contribution is -2.17. The van der Waals surface area contributed by atoms with Crippen LogP contribution in [0.3, 0.4) is 0 Å². The zero-order valence-electron chi connectivity index (χ0n) is 13.4. The Morgan fingerprint density at radius 1 is 1.35 bits per heavy atom. The van der Waals surface area contributed by atoms with Gasteiger partial charge in [0.05, 0.1) is 26.7 Å². The topological polar surface area (TPSA) is 74.2 Å². The molecule has 1 aromatic carbocycles. The Bertz CT molecular complexity index is 583. The zero-order chi connectivity index (χ0) is 17.3. The Labute approximate surface area is 141 Å². The van der Waals surface area contributed by atoms with Gasteiger partial charge in [0.1, 0.15) is 0 Å². The highest BCUT2D eigenvalue weighted by Gasteiger charge is 2.37. The summed E-state index contributed by atoms with van der Waals surface area (Å²) in [5.41, 5.74) is 0.715. The highest BCUT2D eigenvalue weighted by atomic mass is 35.5. The SMILES string of the molecule is CCOP(=O)(OCC)C(CC(=O)OC)/N=C/c1cccc(Cl)c1. The lowest BCUT2D eigenvalue weighted by atomic mass is 10.2. The van der Waals surface area contributed by atoms with Gasteiger partial charge >= 0.3 is 13.6 Å². The van der Waals surface area contributed by atoms with Gasteiger partial charge in [-0.05, 0) is 31.5 Å². The fraction of sp³-hybridized carbons (Fsp3) is 0.467. The fourth-order valence-electron chi connectivity index (χ4n) is 1.81. The van der Waals surface area contributed by atoms with Gasteiger partial charge in [0.25, 0.3) is 0 Å². The predicted molar refractivity (Wildman–Crippen MR) is 90.3 cm³/mol. The Balaban J connectivity index is 3.07. The van der Waals surface area contributed by atoms with Crippen molar-refractivity contribution in [1.29, 1.82) is 0 Å². The molecule has 0 N–H and O–H groups in total. The van der Waals surface area contributed by atoms with Crippen LogP contribution >= 0.6 is 19.2 Å². The van der Waals surface area contributed by atoms with Crippen molar-refractivity contribution in [2.75, 3.05) is 20.3 Å². The molecule has 0 radical (unpaired) electrons. The van der Waals surface area contributed by atoms with Gasteiger partial charge in [-0.25, -0.2) is 0 Å². The number of carbonyl (C=O) groups excluding carboxylic acids is 1. The molecule has 0 saturated heterocycles. The van der Waals surface area contributed by atoms with Crippen LogP contribution in [0, 0.1) is 0 Å². The molecular weight excluding hydrogens is 341 g/mol. The minimum atomic E-state index is -3.58. The third-order valence-corrected chi connectivity index (χ3v) is 5.32. The highest BCUT2D eigenvalue weighted by Crippen LogP contribution is 2.54. The fourth-order valence-corrected chi connectivity index (χ4v) is 3.75. The number of benzene rings is 1. The van der Waals surface area contributed by atoms with Crippen LogP contribution in [0.4, 0.5) is 0 Å². The first-order chi connectivity index (χ1) is 10.9. The number of nitrogens with zero attached hydrogens (tertiary/aromatic N) is 1. The maximum atomic E-state index is 12.9. The molecular formula is C15H21ClNO5P. The van der Waals surface area contributed by atoms with Crippen molar-refractivity contribution in [3.05, 3.63) is 34.9 Å². The van der Waals surface area contributed by atoms with Gasteiger partial charge in [0.2, 0.25) is 0 Å². The summed E-state index contributed by atoms with van der Waals surface area (Å²) in [4.78, 5) is 15.8. The first-order valence-electron chi connectivity index (χ1n) is 7.19. The van der Waals surface area contributed by atoms with E-state index in [1.807, 2.05) is 0 Å². The second-order valence-electron chi connectivity index (χ2n) is 4.47. The molecule has 1 rings (SSSR count). The van der Waals surface area contributed by atoms with Crippen molar-refractivity contribution in [2.45, 2.75) is 26.1 Å². The van der Waals surface area contributed by atoms with Crippen LogP contribution in [0.1, 0.15) is 25.8 Å². The standard InChI is InChI=1S/C15H21ClNO5P/c1-4-21-23(19,22-5-2)14(10-15(18)20-3)17-11-12-7-6-8-13(16)9-12/h6-9,11,14H,4-5,10H2,1-3H3/b17-11+. The molecule has 0 bridgehead atoms. The van der Waals surface area contributed by atoms with Crippen LogP contribution in [0.15, 0.2) is 29.3 Å². The number of ether oxygens (including phenoxy) is 1. The first kappa shape index (κ1) is 19.8. The number of hydrogen-bond acceptors (Lipinski definition) is 6. The summed E-state index contributed by atoms with van der Waals surface area (Å²) < 4.78 is 28.0. The Hall–Kier alpha value is -1.20. The van der Waals surface area contributed by atoms with E-state index in [0.29, 0.717) is 10.6 Å². The summed E-state index contributed by atoms with van der Waals surface area (Å²) in [5.74, 6) is -1.52. The monoisotopic (exact) mass is 361 g/mol. The third-order valence-electron chi connectivity index (χ3n) is 2.80. The van der Waals surface area contributed by atoms with Crippen molar-refractivity contribution in [1.82, 2.24) is 0 Å². The van der Waals surface area contributed by atoms with Crippen LogP contribution in [-0.4, -0.2) is 38.3 Å². The van der Waals surface area contributed by atoms with Crippen LogP contribution in [0.5, 0.6) is 0 Å². The number of halogens is 1. The summed E-state index contributed by atoms with van der Waals surface area (Å²) >= 11 is 5.92. The summed E-state index contributed by atoms with van der Waals surface area (Å²) in [5, 5.41) is 0.552. The van der Waals surface area contributed by atoms with Gasteiger partial charge in [0, 0.05) is 11.2 Å². The minimum Gasteiger partial charge on any atom is -0.469 e.